The van der Waals surface area contributed by atoms with Gasteiger partial charge in [0.15, 0.2) is 0 Å². The van der Waals surface area contributed by atoms with Gasteiger partial charge < -0.3 is 15.7 Å². The average molecular weight is 288 g/mol. The van der Waals surface area contributed by atoms with Gasteiger partial charge in [-0.1, -0.05) is 42.5 Å². The van der Waals surface area contributed by atoms with Crippen LogP contribution in [0.2, 0.25) is 0 Å². The minimum atomic E-state index is 0.0472. The number of aliphatic hydroxyl groups is 1. The fraction of sp³-hybridized carbons (Fsp3) is 0.214. The van der Waals surface area contributed by atoms with Crippen molar-refractivity contribution < 1.29 is 5.11 Å². The van der Waals surface area contributed by atoms with Crippen LogP contribution in [0.3, 0.4) is 0 Å². The molecule has 0 unspecified atom stereocenters. The standard InChI is InChI=1S/C14H16N4OS/c15-14(20)12-8-17-13(9-16-12)18(6-7-19)10-11-4-2-1-3-5-11/h1-5,8-9,19H,6-7,10H2,(H2,15,20). The molecule has 0 saturated carbocycles. The fourth-order valence-corrected chi connectivity index (χ4v) is 1.92. The molecule has 1 heterocycles. The van der Waals surface area contributed by atoms with Crippen molar-refractivity contribution in [3.63, 3.8) is 0 Å². The first-order valence-electron chi connectivity index (χ1n) is 6.22. The Labute approximate surface area is 123 Å². The van der Waals surface area contributed by atoms with Crippen LogP contribution in [-0.2, 0) is 6.54 Å². The van der Waals surface area contributed by atoms with Crippen molar-refractivity contribution in [3.8, 4) is 0 Å². The van der Waals surface area contributed by atoms with Gasteiger partial charge in [0.25, 0.3) is 0 Å². The van der Waals surface area contributed by atoms with Crippen molar-refractivity contribution in [2.45, 2.75) is 6.54 Å². The molecule has 0 aliphatic heterocycles. The van der Waals surface area contributed by atoms with Crippen molar-refractivity contribution in [2.75, 3.05) is 18.1 Å². The second-order valence-corrected chi connectivity index (χ2v) is 4.69. The number of thiocarbonyl (C=S) groups is 1. The summed E-state index contributed by atoms with van der Waals surface area (Å²) >= 11 is 4.85. The van der Waals surface area contributed by atoms with E-state index in [0.717, 1.165) is 5.56 Å². The monoisotopic (exact) mass is 288 g/mol. The molecule has 0 amide bonds. The van der Waals surface area contributed by atoms with E-state index in [1.165, 1.54) is 0 Å². The third-order valence-electron chi connectivity index (χ3n) is 2.80. The van der Waals surface area contributed by atoms with Crippen molar-refractivity contribution in [1.29, 1.82) is 0 Å². The van der Waals surface area contributed by atoms with Gasteiger partial charge in [-0.05, 0) is 5.56 Å². The number of hydrogen-bond acceptors (Lipinski definition) is 5. The lowest BCUT2D eigenvalue weighted by Gasteiger charge is -2.22. The number of nitrogens with two attached hydrogens (primary N) is 1. The van der Waals surface area contributed by atoms with Crippen molar-refractivity contribution in [3.05, 3.63) is 54.0 Å². The zero-order valence-electron chi connectivity index (χ0n) is 10.9. The topological polar surface area (TPSA) is 75.3 Å². The van der Waals surface area contributed by atoms with Gasteiger partial charge in [0.05, 0.1) is 19.0 Å². The lowest BCUT2D eigenvalue weighted by molar-refractivity contribution is 0.301. The van der Waals surface area contributed by atoms with Crippen LogP contribution >= 0.6 is 12.2 Å². The molecular formula is C14H16N4OS. The van der Waals surface area contributed by atoms with Gasteiger partial charge in [0.2, 0.25) is 0 Å². The van der Waals surface area contributed by atoms with Crippen LogP contribution in [0.25, 0.3) is 0 Å². The van der Waals surface area contributed by atoms with Gasteiger partial charge in [0.1, 0.15) is 16.5 Å². The van der Waals surface area contributed by atoms with Crippen LogP contribution in [0.5, 0.6) is 0 Å². The quantitative estimate of drug-likeness (QED) is 0.776. The number of rotatable bonds is 6. The molecule has 104 valence electrons. The van der Waals surface area contributed by atoms with E-state index in [4.69, 9.17) is 18.0 Å². The minimum absolute atomic E-state index is 0.0472. The summed E-state index contributed by atoms with van der Waals surface area (Å²) in [5.41, 5.74) is 7.13. The van der Waals surface area contributed by atoms with Crippen LogP contribution in [0, 0.1) is 0 Å². The summed E-state index contributed by atoms with van der Waals surface area (Å²) in [7, 11) is 0. The Morgan fingerprint density at radius 1 is 1.20 bits per heavy atom. The molecule has 0 aliphatic carbocycles. The van der Waals surface area contributed by atoms with Crippen molar-refractivity contribution >= 4 is 23.0 Å². The van der Waals surface area contributed by atoms with E-state index in [9.17, 15) is 5.11 Å². The Hall–Kier alpha value is -2.05. The minimum Gasteiger partial charge on any atom is -0.395 e. The smallest absolute Gasteiger partial charge is 0.147 e. The zero-order chi connectivity index (χ0) is 14.4. The van der Waals surface area contributed by atoms with Crippen molar-refractivity contribution in [2.24, 2.45) is 5.73 Å². The molecular weight excluding hydrogens is 272 g/mol. The Balaban J connectivity index is 2.17. The van der Waals surface area contributed by atoms with E-state index in [1.807, 2.05) is 35.2 Å². The second kappa shape index (κ2) is 6.93. The predicted molar refractivity (Wildman–Crippen MR) is 82.5 cm³/mol. The normalized spacial score (nSPS) is 10.2. The van der Waals surface area contributed by atoms with Crippen LogP contribution in [0.1, 0.15) is 11.3 Å². The number of benzene rings is 1. The molecule has 3 N–H and O–H groups in total. The molecule has 6 heteroatoms. The lowest BCUT2D eigenvalue weighted by Crippen LogP contribution is -2.27. The third kappa shape index (κ3) is 3.72. The van der Waals surface area contributed by atoms with E-state index in [2.05, 4.69) is 9.97 Å². The van der Waals surface area contributed by atoms with Crippen molar-refractivity contribution in [1.82, 2.24) is 9.97 Å². The molecule has 1 aromatic carbocycles. The Morgan fingerprint density at radius 2 is 1.95 bits per heavy atom. The van der Waals surface area contributed by atoms with Crippen LogP contribution < -0.4 is 10.6 Å². The number of aliphatic hydroxyl groups excluding tert-OH is 1. The Morgan fingerprint density at radius 3 is 2.50 bits per heavy atom. The first kappa shape index (κ1) is 14.4. The predicted octanol–water partition coefficient (Wildman–Crippen LogP) is 1.11. The first-order chi connectivity index (χ1) is 9.70. The highest BCUT2D eigenvalue weighted by molar-refractivity contribution is 7.80. The maximum Gasteiger partial charge on any atom is 0.147 e. The summed E-state index contributed by atoms with van der Waals surface area (Å²) < 4.78 is 0. The number of aromatic nitrogens is 2. The SMILES string of the molecule is NC(=S)c1cnc(N(CCO)Cc2ccccc2)cn1. The summed E-state index contributed by atoms with van der Waals surface area (Å²) in [4.78, 5) is 10.6. The van der Waals surface area contributed by atoms with Gasteiger partial charge >= 0.3 is 0 Å². The third-order valence-corrected chi connectivity index (χ3v) is 3.01. The fourth-order valence-electron chi connectivity index (χ4n) is 1.81. The van der Waals surface area contributed by atoms with Gasteiger partial charge in [-0.3, -0.25) is 0 Å². The Bertz CT molecular complexity index is 559. The maximum atomic E-state index is 9.19. The zero-order valence-corrected chi connectivity index (χ0v) is 11.8. The summed E-state index contributed by atoms with van der Waals surface area (Å²) in [5, 5.41) is 9.19. The molecule has 0 bridgehead atoms. The van der Waals surface area contributed by atoms with Gasteiger partial charge in [0, 0.05) is 13.1 Å². The highest BCUT2D eigenvalue weighted by Crippen LogP contribution is 2.13. The Kier molecular flexibility index (Phi) is 4.97. The summed E-state index contributed by atoms with van der Waals surface area (Å²) in [5.74, 6) is 0.683. The highest BCUT2D eigenvalue weighted by atomic mass is 32.1. The van der Waals surface area contributed by atoms with E-state index in [1.54, 1.807) is 12.4 Å². The summed E-state index contributed by atoms with van der Waals surface area (Å²) in [6.45, 7) is 1.18. The molecule has 1 aromatic heterocycles. The summed E-state index contributed by atoms with van der Waals surface area (Å²) in [6, 6.07) is 9.99. The van der Waals surface area contributed by atoms with Gasteiger partial charge in [-0.2, -0.15) is 0 Å². The number of nitrogens with zero attached hydrogens (tertiary/aromatic N) is 3. The molecule has 0 aliphatic rings. The lowest BCUT2D eigenvalue weighted by atomic mass is 10.2. The molecule has 20 heavy (non-hydrogen) atoms. The van der Waals surface area contributed by atoms with E-state index in [-0.39, 0.29) is 11.6 Å². The number of hydrogen-bond donors (Lipinski definition) is 2. The highest BCUT2D eigenvalue weighted by Gasteiger charge is 2.09. The largest absolute Gasteiger partial charge is 0.395 e. The molecule has 5 nitrogen and oxygen atoms in total. The maximum absolute atomic E-state index is 9.19. The molecule has 2 aromatic rings. The molecule has 0 fully saturated rings. The van der Waals surface area contributed by atoms with E-state index >= 15 is 0 Å². The molecule has 0 saturated heterocycles. The van der Waals surface area contributed by atoms with E-state index in [0.29, 0.717) is 24.6 Å². The first-order valence-corrected chi connectivity index (χ1v) is 6.63. The van der Waals surface area contributed by atoms with Crippen LogP contribution in [0.4, 0.5) is 5.82 Å². The molecule has 2 rings (SSSR count). The van der Waals surface area contributed by atoms with Gasteiger partial charge in [-0.25, -0.2) is 9.97 Å². The van der Waals surface area contributed by atoms with Crippen LogP contribution in [-0.4, -0.2) is 33.2 Å². The molecule has 0 radical (unpaired) electrons. The van der Waals surface area contributed by atoms with E-state index < -0.39 is 0 Å². The molecule has 0 atom stereocenters. The number of anilines is 1. The summed E-state index contributed by atoms with van der Waals surface area (Å²) in [6.07, 6.45) is 3.17. The van der Waals surface area contributed by atoms with Crippen LogP contribution in [0.15, 0.2) is 42.7 Å². The molecule has 0 spiro atoms. The second-order valence-electron chi connectivity index (χ2n) is 4.25. The average Bonchev–Trinajstić information content (AvgIpc) is 2.48. The van der Waals surface area contributed by atoms with Gasteiger partial charge in [-0.15, -0.1) is 0 Å².